The van der Waals surface area contributed by atoms with Crippen LogP contribution in [-0.4, -0.2) is 11.8 Å². The molecule has 1 aliphatic rings. The van der Waals surface area contributed by atoms with E-state index >= 15 is 0 Å². The van der Waals surface area contributed by atoms with Crippen LogP contribution in [0.15, 0.2) is 42.5 Å². The lowest BCUT2D eigenvalue weighted by atomic mass is 10.0. The minimum atomic E-state index is -0.506. The Kier molecular flexibility index (Phi) is 3.39. The summed E-state index contributed by atoms with van der Waals surface area (Å²) >= 11 is 5.86. The molecule has 1 heterocycles. The number of nitrogens with zero attached hydrogens (tertiary/aromatic N) is 1. The molecule has 0 unspecified atom stereocenters. The molecule has 2 amide bonds. The molecule has 0 bridgehead atoms. The van der Waals surface area contributed by atoms with E-state index in [0.29, 0.717) is 22.7 Å². The van der Waals surface area contributed by atoms with Gasteiger partial charge in [-0.05, 0) is 35.4 Å². The van der Waals surface area contributed by atoms with Gasteiger partial charge in [-0.3, -0.25) is 9.59 Å². The standard InChI is InChI=1S/C16H13ClN2O2/c17-11-6-4-10(5-7-11)9-19-14-3-1-2-12(16(18)21)13(14)8-15(19)20/h1-7H,8-9H2,(H2,18,21). The summed E-state index contributed by atoms with van der Waals surface area (Å²) in [5.74, 6) is -0.540. The summed E-state index contributed by atoms with van der Waals surface area (Å²) in [6.07, 6.45) is 0.210. The molecule has 106 valence electrons. The van der Waals surface area contributed by atoms with Crippen molar-refractivity contribution >= 4 is 29.1 Å². The molecule has 4 nitrogen and oxygen atoms in total. The summed E-state index contributed by atoms with van der Waals surface area (Å²) < 4.78 is 0. The largest absolute Gasteiger partial charge is 0.366 e. The van der Waals surface area contributed by atoms with Crippen LogP contribution in [0.5, 0.6) is 0 Å². The summed E-state index contributed by atoms with van der Waals surface area (Å²) in [5.41, 5.74) is 8.22. The number of nitrogens with two attached hydrogens (primary N) is 1. The summed E-state index contributed by atoms with van der Waals surface area (Å²) in [4.78, 5) is 25.3. The van der Waals surface area contributed by atoms with Gasteiger partial charge in [-0.25, -0.2) is 0 Å². The van der Waals surface area contributed by atoms with E-state index < -0.39 is 5.91 Å². The number of halogens is 1. The highest BCUT2D eigenvalue weighted by atomic mass is 35.5. The Hall–Kier alpha value is -2.33. The third-order valence-corrected chi connectivity index (χ3v) is 3.84. The van der Waals surface area contributed by atoms with Crippen LogP contribution in [0.2, 0.25) is 5.02 Å². The zero-order chi connectivity index (χ0) is 15.0. The second-order valence-electron chi connectivity index (χ2n) is 4.95. The van der Waals surface area contributed by atoms with Gasteiger partial charge in [-0.1, -0.05) is 29.8 Å². The maximum Gasteiger partial charge on any atom is 0.249 e. The number of amides is 2. The first kappa shape index (κ1) is 13.6. The Balaban J connectivity index is 1.96. The summed E-state index contributed by atoms with van der Waals surface area (Å²) in [6.45, 7) is 0.450. The molecule has 0 fully saturated rings. The third-order valence-electron chi connectivity index (χ3n) is 3.59. The second kappa shape index (κ2) is 5.22. The fourth-order valence-corrected chi connectivity index (χ4v) is 2.70. The van der Waals surface area contributed by atoms with E-state index in [-0.39, 0.29) is 12.3 Å². The highest BCUT2D eigenvalue weighted by molar-refractivity contribution is 6.30. The SMILES string of the molecule is NC(=O)c1cccc2c1CC(=O)N2Cc1ccc(Cl)cc1. The van der Waals surface area contributed by atoms with E-state index in [4.69, 9.17) is 17.3 Å². The predicted octanol–water partition coefficient (Wildman–Crippen LogP) is 2.53. The van der Waals surface area contributed by atoms with Crippen molar-refractivity contribution in [1.82, 2.24) is 0 Å². The number of rotatable bonds is 3. The van der Waals surface area contributed by atoms with E-state index in [0.717, 1.165) is 11.3 Å². The van der Waals surface area contributed by atoms with E-state index in [1.54, 1.807) is 29.2 Å². The lowest BCUT2D eigenvalue weighted by Crippen LogP contribution is -2.25. The molecule has 0 radical (unpaired) electrons. The minimum absolute atomic E-state index is 0.0337. The molecule has 21 heavy (non-hydrogen) atoms. The zero-order valence-electron chi connectivity index (χ0n) is 11.2. The van der Waals surface area contributed by atoms with Crippen molar-refractivity contribution in [2.75, 3.05) is 4.90 Å². The van der Waals surface area contributed by atoms with Gasteiger partial charge in [0.1, 0.15) is 0 Å². The molecule has 2 aromatic rings. The van der Waals surface area contributed by atoms with E-state index in [2.05, 4.69) is 0 Å². The monoisotopic (exact) mass is 300 g/mol. The lowest BCUT2D eigenvalue weighted by Gasteiger charge is -2.18. The number of hydrogen-bond donors (Lipinski definition) is 1. The van der Waals surface area contributed by atoms with Gasteiger partial charge in [-0.15, -0.1) is 0 Å². The molecule has 1 aliphatic heterocycles. The van der Waals surface area contributed by atoms with Crippen molar-refractivity contribution in [2.45, 2.75) is 13.0 Å². The molecular weight excluding hydrogens is 288 g/mol. The molecule has 5 heteroatoms. The molecule has 0 saturated carbocycles. The molecule has 3 rings (SSSR count). The number of carbonyl (C=O) groups excluding carboxylic acids is 2. The van der Waals surface area contributed by atoms with Gasteiger partial charge in [0.2, 0.25) is 11.8 Å². The van der Waals surface area contributed by atoms with E-state index in [1.165, 1.54) is 0 Å². The van der Waals surface area contributed by atoms with E-state index in [9.17, 15) is 9.59 Å². The summed E-state index contributed by atoms with van der Waals surface area (Å²) in [7, 11) is 0. The van der Waals surface area contributed by atoms with Gasteiger partial charge in [0.05, 0.1) is 13.0 Å². The second-order valence-corrected chi connectivity index (χ2v) is 5.39. The maximum atomic E-state index is 12.2. The molecule has 2 N–H and O–H groups in total. The van der Waals surface area contributed by atoms with Crippen molar-refractivity contribution < 1.29 is 9.59 Å². The number of hydrogen-bond acceptors (Lipinski definition) is 2. The molecule has 0 saturated heterocycles. The highest BCUT2D eigenvalue weighted by Crippen LogP contribution is 2.32. The van der Waals surface area contributed by atoms with Crippen molar-refractivity contribution in [3.8, 4) is 0 Å². The van der Waals surface area contributed by atoms with Gasteiger partial charge in [0, 0.05) is 16.3 Å². The van der Waals surface area contributed by atoms with Crippen LogP contribution < -0.4 is 10.6 Å². The van der Waals surface area contributed by atoms with Crippen molar-refractivity contribution in [3.63, 3.8) is 0 Å². The van der Waals surface area contributed by atoms with Gasteiger partial charge in [0.25, 0.3) is 0 Å². The zero-order valence-corrected chi connectivity index (χ0v) is 11.9. The van der Waals surface area contributed by atoms with Crippen LogP contribution in [0.25, 0.3) is 0 Å². The van der Waals surface area contributed by atoms with E-state index in [1.807, 2.05) is 18.2 Å². The maximum absolute atomic E-state index is 12.2. The van der Waals surface area contributed by atoms with Crippen molar-refractivity contribution in [3.05, 3.63) is 64.2 Å². The number of carbonyl (C=O) groups is 2. The van der Waals surface area contributed by atoms with Gasteiger partial charge in [0.15, 0.2) is 0 Å². The van der Waals surface area contributed by atoms with Crippen molar-refractivity contribution in [1.29, 1.82) is 0 Å². The molecule has 2 aromatic carbocycles. The average Bonchev–Trinajstić information content (AvgIpc) is 2.77. The Morgan fingerprint density at radius 3 is 2.57 bits per heavy atom. The first-order chi connectivity index (χ1) is 10.1. The number of primary amides is 1. The minimum Gasteiger partial charge on any atom is -0.366 e. The number of benzene rings is 2. The molecule has 0 atom stereocenters. The summed E-state index contributed by atoms with van der Waals surface area (Å²) in [6, 6.07) is 12.6. The van der Waals surface area contributed by atoms with Gasteiger partial charge in [-0.2, -0.15) is 0 Å². The van der Waals surface area contributed by atoms with Crippen LogP contribution in [-0.2, 0) is 17.8 Å². The highest BCUT2D eigenvalue weighted by Gasteiger charge is 2.30. The number of anilines is 1. The Labute approximate surface area is 127 Å². The summed E-state index contributed by atoms with van der Waals surface area (Å²) in [5, 5.41) is 0.655. The molecule has 0 spiro atoms. The van der Waals surface area contributed by atoms with Gasteiger partial charge < -0.3 is 10.6 Å². The van der Waals surface area contributed by atoms with Crippen LogP contribution in [0.3, 0.4) is 0 Å². The fourth-order valence-electron chi connectivity index (χ4n) is 2.57. The van der Waals surface area contributed by atoms with Crippen LogP contribution >= 0.6 is 11.6 Å². The quantitative estimate of drug-likeness (QED) is 0.946. The first-order valence-electron chi connectivity index (χ1n) is 6.53. The third kappa shape index (κ3) is 2.50. The molecule has 0 aliphatic carbocycles. The van der Waals surface area contributed by atoms with Crippen LogP contribution in [0, 0.1) is 0 Å². The fraction of sp³-hybridized carbons (Fsp3) is 0.125. The van der Waals surface area contributed by atoms with Gasteiger partial charge >= 0.3 is 0 Å². The average molecular weight is 301 g/mol. The molecule has 0 aromatic heterocycles. The Morgan fingerprint density at radius 2 is 1.90 bits per heavy atom. The normalized spacial score (nSPS) is 13.4. The van der Waals surface area contributed by atoms with Crippen LogP contribution in [0.4, 0.5) is 5.69 Å². The topological polar surface area (TPSA) is 63.4 Å². The predicted molar refractivity (Wildman–Crippen MR) is 81.3 cm³/mol. The smallest absolute Gasteiger partial charge is 0.249 e. The first-order valence-corrected chi connectivity index (χ1v) is 6.90. The lowest BCUT2D eigenvalue weighted by molar-refractivity contribution is -0.117. The molecular formula is C16H13ClN2O2. The van der Waals surface area contributed by atoms with Crippen LogP contribution in [0.1, 0.15) is 21.5 Å². The number of fused-ring (bicyclic) bond motifs is 1. The Bertz CT molecular complexity index is 726. The van der Waals surface area contributed by atoms with Crippen molar-refractivity contribution in [2.24, 2.45) is 5.73 Å². The Morgan fingerprint density at radius 1 is 1.19 bits per heavy atom.